The predicted octanol–water partition coefficient (Wildman–Crippen LogP) is 3.05. The van der Waals surface area contributed by atoms with Crippen LogP contribution < -0.4 is 10.1 Å². The highest BCUT2D eigenvalue weighted by molar-refractivity contribution is 5.93. The molecule has 1 heterocycles. The first kappa shape index (κ1) is 16.8. The Morgan fingerprint density at radius 1 is 1.22 bits per heavy atom. The number of rotatable bonds is 7. The van der Waals surface area contributed by atoms with Gasteiger partial charge < -0.3 is 15.0 Å². The Balaban J connectivity index is 1.90. The molecule has 0 aliphatic heterocycles. The number of carbonyl (C=O) groups is 1. The smallest absolute Gasteiger partial charge is 0.254 e. The molecule has 0 radical (unpaired) electrons. The average Bonchev–Trinajstić information content (AvgIpc) is 2.59. The molecule has 0 unspecified atom stereocenters. The second kappa shape index (κ2) is 8.17. The molecule has 2 rings (SSSR count). The largest absolute Gasteiger partial charge is 0.489 e. The van der Waals surface area contributed by atoms with E-state index < -0.39 is 0 Å². The van der Waals surface area contributed by atoms with Gasteiger partial charge >= 0.3 is 0 Å². The molecule has 1 amide bonds. The molecule has 1 atom stereocenters. The standard InChI is InChI=1S/C18H23N3O2/c1-4-15(23-16-8-6-5-7-9-16)13-20-17-11-10-14(12-19-17)18(22)21(2)3/h5-12,15H,4,13H2,1-3H3,(H,19,20)/t15-/m1/s1. The SMILES string of the molecule is CC[C@H](CNc1ccc(C(=O)N(C)C)cn1)Oc1ccccc1. The van der Waals surface area contributed by atoms with Gasteiger partial charge in [0.15, 0.2) is 0 Å². The molecular weight excluding hydrogens is 290 g/mol. The first-order valence-corrected chi connectivity index (χ1v) is 7.73. The Morgan fingerprint density at radius 2 is 1.96 bits per heavy atom. The summed E-state index contributed by atoms with van der Waals surface area (Å²) in [6.07, 6.45) is 2.53. The minimum Gasteiger partial charge on any atom is -0.489 e. The van der Waals surface area contributed by atoms with Crippen LogP contribution in [0.15, 0.2) is 48.7 Å². The molecule has 0 spiro atoms. The van der Waals surface area contributed by atoms with Crippen LogP contribution in [0.5, 0.6) is 5.75 Å². The second-order valence-electron chi connectivity index (χ2n) is 5.47. The molecule has 122 valence electrons. The van der Waals surface area contributed by atoms with Crippen molar-refractivity contribution in [2.75, 3.05) is 26.0 Å². The Kier molecular flexibility index (Phi) is 5.97. The summed E-state index contributed by atoms with van der Waals surface area (Å²) in [5, 5.41) is 3.25. The highest BCUT2D eigenvalue weighted by Crippen LogP contribution is 2.13. The van der Waals surface area contributed by atoms with Gasteiger partial charge in [0, 0.05) is 20.3 Å². The fourth-order valence-corrected chi connectivity index (χ4v) is 2.06. The zero-order chi connectivity index (χ0) is 16.7. The molecular formula is C18H23N3O2. The number of amides is 1. The number of hydrogen-bond acceptors (Lipinski definition) is 4. The highest BCUT2D eigenvalue weighted by Gasteiger charge is 2.10. The molecule has 2 aromatic rings. The van der Waals surface area contributed by atoms with Crippen LogP contribution >= 0.6 is 0 Å². The van der Waals surface area contributed by atoms with Crippen molar-refractivity contribution in [2.45, 2.75) is 19.4 Å². The second-order valence-corrected chi connectivity index (χ2v) is 5.47. The lowest BCUT2D eigenvalue weighted by molar-refractivity contribution is 0.0827. The molecule has 0 saturated heterocycles. The minimum absolute atomic E-state index is 0.0529. The van der Waals surface area contributed by atoms with Gasteiger partial charge in [0.05, 0.1) is 12.1 Å². The van der Waals surface area contributed by atoms with Crippen molar-refractivity contribution >= 4 is 11.7 Å². The maximum atomic E-state index is 11.8. The van der Waals surface area contributed by atoms with Gasteiger partial charge in [0.25, 0.3) is 5.91 Å². The van der Waals surface area contributed by atoms with E-state index in [4.69, 9.17) is 4.74 Å². The van der Waals surface area contributed by atoms with Crippen molar-refractivity contribution in [3.05, 3.63) is 54.2 Å². The molecule has 5 nitrogen and oxygen atoms in total. The number of pyridine rings is 1. The van der Waals surface area contributed by atoms with Crippen LogP contribution in [0.25, 0.3) is 0 Å². The van der Waals surface area contributed by atoms with Crippen LogP contribution in [0, 0.1) is 0 Å². The average molecular weight is 313 g/mol. The van der Waals surface area contributed by atoms with Crippen LogP contribution in [0.2, 0.25) is 0 Å². The summed E-state index contributed by atoms with van der Waals surface area (Å²) in [7, 11) is 3.45. The lowest BCUT2D eigenvalue weighted by Crippen LogP contribution is -2.26. The predicted molar refractivity (Wildman–Crippen MR) is 91.9 cm³/mol. The maximum absolute atomic E-state index is 11.8. The number of para-hydroxylation sites is 1. The van der Waals surface area contributed by atoms with Crippen LogP contribution in [-0.2, 0) is 0 Å². The summed E-state index contributed by atoms with van der Waals surface area (Å²) in [5.41, 5.74) is 0.577. The summed E-state index contributed by atoms with van der Waals surface area (Å²) < 4.78 is 5.93. The number of nitrogens with one attached hydrogen (secondary N) is 1. The van der Waals surface area contributed by atoms with Gasteiger partial charge in [-0.05, 0) is 30.7 Å². The van der Waals surface area contributed by atoms with E-state index in [-0.39, 0.29) is 12.0 Å². The van der Waals surface area contributed by atoms with Crippen LogP contribution in [0.1, 0.15) is 23.7 Å². The first-order chi connectivity index (χ1) is 11.1. The van der Waals surface area contributed by atoms with Crippen molar-refractivity contribution in [1.29, 1.82) is 0 Å². The number of carbonyl (C=O) groups excluding carboxylic acids is 1. The Morgan fingerprint density at radius 3 is 2.52 bits per heavy atom. The number of nitrogens with zero attached hydrogens (tertiary/aromatic N) is 2. The van der Waals surface area contributed by atoms with E-state index in [0.717, 1.165) is 18.0 Å². The molecule has 0 bridgehead atoms. The third-order valence-corrected chi connectivity index (χ3v) is 3.43. The normalized spacial score (nSPS) is 11.6. The van der Waals surface area contributed by atoms with E-state index in [0.29, 0.717) is 12.1 Å². The van der Waals surface area contributed by atoms with Crippen molar-refractivity contribution in [2.24, 2.45) is 0 Å². The number of hydrogen-bond donors (Lipinski definition) is 1. The van der Waals surface area contributed by atoms with E-state index in [1.807, 2.05) is 36.4 Å². The van der Waals surface area contributed by atoms with Crippen molar-refractivity contribution in [3.63, 3.8) is 0 Å². The molecule has 1 N–H and O–H groups in total. The van der Waals surface area contributed by atoms with Gasteiger partial charge in [0.1, 0.15) is 17.7 Å². The van der Waals surface area contributed by atoms with Crippen LogP contribution in [0.4, 0.5) is 5.82 Å². The van der Waals surface area contributed by atoms with Crippen LogP contribution in [-0.4, -0.2) is 42.5 Å². The van der Waals surface area contributed by atoms with E-state index in [2.05, 4.69) is 17.2 Å². The van der Waals surface area contributed by atoms with Gasteiger partial charge in [-0.25, -0.2) is 4.98 Å². The topological polar surface area (TPSA) is 54.5 Å². The number of ether oxygens (including phenoxy) is 1. The molecule has 0 aliphatic carbocycles. The van der Waals surface area contributed by atoms with Crippen LogP contribution in [0.3, 0.4) is 0 Å². The lowest BCUT2D eigenvalue weighted by atomic mass is 10.2. The number of anilines is 1. The third-order valence-electron chi connectivity index (χ3n) is 3.43. The molecule has 0 fully saturated rings. The number of benzene rings is 1. The van der Waals surface area contributed by atoms with Gasteiger partial charge in [-0.2, -0.15) is 0 Å². The van der Waals surface area contributed by atoms with Crippen molar-refractivity contribution < 1.29 is 9.53 Å². The first-order valence-electron chi connectivity index (χ1n) is 7.73. The molecule has 0 aliphatic rings. The monoisotopic (exact) mass is 313 g/mol. The van der Waals surface area contributed by atoms with Gasteiger partial charge in [-0.1, -0.05) is 25.1 Å². The fraction of sp³-hybridized carbons (Fsp3) is 0.333. The maximum Gasteiger partial charge on any atom is 0.254 e. The van der Waals surface area contributed by atoms with Gasteiger partial charge in [-0.3, -0.25) is 4.79 Å². The third kappa shape index (κ3) is 4.98. The highest BCUT2D eigenvalue weighted by atomic mass is 16.5. The minimum atomic E-state index is -0.0529. The zero-order valence-corrected chi connectivity index (χ0v) is 13.8. The molecule has 1 aromatic heterocycles. The molecule has 1 aromatic carbocycles. The zero-order valence-electron chi connectivity index (χ0n) is 13.8. The van der Waals surface area contributed by atoms with Gasteiger partial charge in [0.2, 0.25) is 0 Å². The fourth-order valence-electron chi connectivity index (χ4n) is 2.06. The van der Waals surface area contributed by atoms with Crippen molar-refractivity contribution in [3.8, 4) is 5.75 Å². The summed E-state index contributed by atoms with van der Waals surface area (Å²) in [5.74, 6) is 1.54. The molecule has 0 saturated carbocycles. The Labute approximate surface area is 137 Å². The summed E-state index contributed by atoms with van der Waals surface area (Å²) in [4.78, 5) is 17.6. The van der Waals surface area contributed by atoms with E-state index in [9.17, 15) is 4.79 Å². The number of aromatic nitrogens is 1. The Hall–Kier alpha value is -2.56. The van der Waals surface area contributed by atoms with E-state index in [1.54, 1.807) is 26.4 Å². The molecule has 5 heteroatoms. The lowest BCUT2D eigenvalue weighted by Gasteiger charge is -2.18. The van der Waals surface area contributed by atoms with E-state index in [1.165, 1.54) is 4.90 Å². The summed E-state index contributed by atoms with van der Waals surface area (Å²) in [6, 6.07) is 13.4. The molecule has 23 heavy (non-hydrogen) atoms. The van der Waals surface area contributed by atoms with Crippen molar-refractivity contribution in [1.82, 2.24) is 9.88 Å². The van der Waals surface area contributed by atoms with Gasteiger partial charge in [-0.15, -0.1) is 0 Å². The van der Waals surface area contributed by atoms with E-state index >= 15 is 0 Å². The summed E-state index contributed by atoms with van der Waals surface area (Å²) in [6.45, 7) is 2.74. The Bertz CT molecular complexity index is 612. The quantitative estimate of drug-likeness (QED) is 0.853. The summed E-state index contributed by atoms with van der Waals surface area (Å²) >= 11 is 0.